The lowest BCUT2D eigenvalue weighted by Gasteiger charge is -2.40. The molecule has 3 aliphatic rings. The van der Waals surface area contributed by atoms with Crippen LogP contribution in [0.15, 0.2) is 22.6 Å². The molecule has 0 radical (unpaired) electrons. The second-order valence-corrected chi connectivity index (χ2v) is 10.2. The van der Waals surface area contributed by atoms with Gasteiger partial charge in [-0.1, -0.05) is 25.3 Å². The molecule has 30 heavy (non-hydrogen) atoms. The van der Waals surface area contributed by atoms with Crippen molar-refractivity contribution in [3.8, 4) is 5.75 Å². The highest BCUT2D eigenvalue weighted by Gasteiger charge is 2.35. The Kier molecular flexibility index (Phi) is 6.02. The van der Waals surface area contributed by atoms with Gasteiger partial charge in [-0.25, -0.2) is 0 Å². The number of anilines is 1. The van der Waals surface area contributed by atoms with Crippen LogP contribution in [0.3, 0.4) is 0 Å². The Hall–Kier alpha value is -2.13. The average molecular weight is 435 g/mol. The Bertz CT molecular complexity index is 925. The van der Waals surface area contributed by atoms with E-state index in [1.54, 1.807) is 18.2 Å². The van der Waals surface area contributed by atoms with Gasteiger partial charge in [0.1, 0.15) is 12.0 Å². The van der Waals surface area contributed by atoms with Crippen LogP contribution in [0.2, 0.25) is 0 Å². The van der Waals surface area contributed by atoms with Gasteiger partial charge in [-0.15, -0.1) is 4.40 Å². The Morgan fingerprint density at radius 1 is 1.27 bits per heavy atom. The molecule has 0 amide bonds. The number of aldehydes is 1. The monoisotopic (exact) mass is 434 g/mol. The Morgan fingerprint density at radius 2 is 2.07 bits per heavy atom. The van der Waals surface area contributed by atoms with E-state index in [1.807, 2.05) is 0 Å². The molecule has 2 heterocycles. The molecule has 0 unspecified atom stereocenters. The van der Waals surface area contributed by atoms with E-state index in [2.05, 4.69) is 14.0 Å². The van der Waals surface area contributed by atoms with E-state index in [-0.39, 0.29) is 11.3 Å². The molecule has 8 nitrogen and oxygen atoms in total. The number of hydrogen-bond acceptors (Lipinski definition) is 6. The minimum atomic E-state index is -3.81. The number of fused-ring (bicyclic) bond motifs is 1. The molecule has 2 aliphatic heterocycles. The van der Waals surface area contributed by atoms with Crippen molar-refractivity contribution < 1.29 is 17.9 Å². The zero-order chi connectivity index (χ0) is 21.2. The van der Waals surface area contributed by atoms with Crippen molar-refractivity contribution in [2.24, 2.45) is 21.5 Å². The molecule has 1 aliphatic carbocycles. The predicted octanol–water partition coefficient (Wildman–Crippen LogP) is 2.30. The van der Waals surface area contributed by atoms with Crippen LogP contribution < -0.4 is 15.2 Å². The van der Waals surface area contributed by atoms with E-state index in [9.17, 15) is 13.2 Å². The largest absolute Gasteiger partial charge is 0.492 e. The van der Waals surface area contributed by atoms with Crippen molar-refractivity contribution in [1.29, 1.82) is 0 Å². The van der Waals surface area contributed by atoms with Crippen molar-refractivity contribution in [2.75, 3.05) is 31.0 Å². The summed E-state index contributed by atoms with van der Waals surface area (Å²) in [5.74, 6) is 0.820. The zero-order valence-corrected chi connectivity index (χ0v) is 18.0. The molecule has 1 saturated carbocycles. The SMILES string of the molecule is NC1=NS(=O)(=O)Nc2cccc(OC[C@H]3CCCN(CC4(C=O)CCCCC4)C3)c21. The maximum absolute atomic E-state index is 11.8. The highest BCUT2D eigenvalue weighted by Crippen LogP contribution is 2.36. The summed E-state index contributed by atoms with van der Waals surface area (Å²) in [5, 5.41) is 0. The standard InChI is InChI=1S/C21H30N4O4S/c22-20-19-17(23-30(27,28)24-20)7-4-8-18(19)29-13-16-6-5-11-25(12-16)14-21(15-26)9-2-1-3-10-21/h4,7-8,15-16,23H,1-3,5-6,9-14H2,(H2,22,24)/t16-/m0/s1. The van der Waals surface area contributed by atoms with Gasteiger partial charge in [0.25, 0.3) is 0 Å². The number of ether oxygens (including phenoxy) is 1. The fourth-order valence-corrected chi connectivity index (χ4v) is 5.83. The van der Waals surface area contributed by atoms with Gasteiger partial charge in [-0.2, -0.15) is 8.42 Å². The number of nitrogens with two attached hydrogens (primary N) is 1. The Balaban J connectivity index is 1.40. The topological polar surface area (TPSA) is 114 Å². The number of hydrogen-bond donors (Lipinski definition) is 2. The lowest BCUT2D eigenvalue weighted by Crippen LogP contribution is -2.45. The summed E-state index contributed by atoms with van der Waals surface area (Å²) in [4.78, 5) is 14.3. The maximum atomic E-state index is 11.8. The molecule has 0 spiro atoms. The van der Waals surface area contributed by atoms with Gasteiger partial charge in [-0.3, -0.25) is 4.72 Å². The van der Waals surface area contributed by atoms with E-state index < -0.39 is 10.2 Å². The first-order valence-corrected chi connectivity index (χ1v) is 12.2. The van der Waals surface area contributed by atoms with Crippen LogP contribution in [0.5, 0.6) is 5.75 Å². The molecule has 1 aromatic carbocycles. The molecular weight excluding hydrogens is 404 g/mol. The summed E-state index contributed by atoms with van der Waals surface area (Å²) in [6, 6.07) is 5.16. The lowest BCUT2D eigenvalue weighted by atomic mass is 9.74. The number of nitrogens with zero attached hydrogens (tertiary/aromatic N) is 2. The van der Waals surface area contributed by atoms with Gasteiger partial charge in [0, 0.05) is 24.4 Å². The first-order chi connectivity index (χ1) is 14.4. The van der Waals surface area contributed by atoms with E-state index in [1.165, 1.54) is 12.7 Å². The van der Waals surface area contributed by atoms with Crippen molar-refractivity contribution >= 4 is 28.0 Å². The fourth-order valence-electron chi connectivity index (χ4n) is 4.99. The van der Waals surface area contributed by atoms with Crippen LogP contribution in [-0.2, 0) is 15.0 Å². The molecule has 0 bridgehead atoms. The number of piperidine rings is 1. The lowest BCUT2D eigenvalue weighted by molar-refractivity contribution is -0.119. The smallest absolute Gasteiger partial charge is 0.344 e. The highest BCUT2D eigenvalue weighted by molar-refractivity contribution is 7.91. The van der Waals surface area contributed by atoms with Crippen molar-refractivity contribution in [2.45, 2.75) is 44.9 Å². The summed E-state index contributed by atoms with van der Waals surface area (Å²) in [7, 11) is -3.81. The number of benzene rings is 1. The van der Waals surface area contributed by atoms with Crippen LogP contribution in [0, 0.1) is 11.3 Å². The summed E-state index contributed by atoms with van der Waals surface area (Å²) in [6.07, 6.45) is 8.87. The highest BCUT2D eigenvalue weighted by atomic mass is 32.2. The van der Waals surface area contributed by atoms with E-state index in [0.29, 0.717) is 29.5 Å². The minimum Gasteiger partial charge on any atom is -0.492 e. The molecule has 1 saturated heterocycles. The normalized spacial score (nSPS) is 25.5. The van der Waals surface area contributed by atoms with Crippen LogP contribution in [-0.4, -0.2) is 51.7 Å². The van der Waals surface area contributed by atoms with Crippen LogP contribution in [0.1, 0.15) is 50.5 Å². The number of likely N-dealkylation sites (tertiary alicyclic amines) is 1. The maximum Gasteiger partial charge on any atom is 0.344 e. The molecule has 9 heteroatoms. The van der Waals surface area contributed by atoms with Crippen LogP contribution >= 0.6 is 0 Å². The molecule has 3 N–H and O–H groups in total. The third kappa shape index (κ3) is 4.62. The quantitative estimate of drug-likeness (QED) is 0.664. The Morgan fingerprint density at radius 3 is 2.83 bits per heavy atom. The van der Waals surface area contributed by atoms with E-state index in [4.69, 9.17) is 10.5 Å². The first kappa shape index (κ1) is 21.1. The van der Waals surface area contributed by atoms with E-state index >= 15 is 0 Å². The summed E-state index contributed by atoms with van der Waals surface area (Å²) >= 11 is 0. The molecule has 2 fully saturated rings. The van der Waals surface area contributed by atoms with Gasteiger partial charge in [0.2, 0.25) is 0 Å². The number of amidine groups is 1. The van der Waals surface area contributed by atoms with Gasteiger partial charge < -0.3 is 20.2 Å². The van der Waals surface area contributed by atoms with Crippen LogP contribution in [0.25, 0.3) is 0 Å². The second kappa shape index (κ2) is 8.55. The number of rotatable bonds is 6. The third-order valence-electron chi connectivity index (χ3n) is 6.46. The number of nitrogens with one attached hydrogen (secondary N) is 1. The van der Waals surface area contributed by atoms with Crippen molar-refractivity contribution in [3.05, 3.63) is 23.8 Å². The van der Waals surface area contributed by atoms with Crippen LogP contribution in [0.4, 0.5) is 5.69 Å². The van der Waals surface area contributed by atoms with Gasteiger partial charge in [0.15, 0.2) is 5.84 Å². The molecule has 1 atom stereocenters. The van der Waals surface area contributed by atoms with Crippen molar-refractivity contribution in [1.82, 2.24) is 4.90 Å². The predicted molar refractivity (Wildman–Crippen MR) is 116 cm³/mol. The van der Waals surface area contributed by atoms with Gasteiger partial charge >= 0.3 is 10.2 Å². The second-order valence-electron chi connectivity index (χ2n) is 8.83. The number of carbonyl (C=O) groups is 1. The van der Waals surface area contributed by atoms with Gasteiger partial charge in [-0.05, 0) is 44.4 Å². The van der Waals surface area contributed by atoms with E-state index in [0.717, 1.165) is 58.2 Å². The summed E-state index contributed by atoms with van der Waals surface area (Å²) < 4.78 is 35.5. The Labute approximate surface area is 178 Å². The molecule has 4 rings (SSSR count). The van der Waals surface area contributed by atoms with Crippen molar-refractivity contribution in [3.63, 3.8) is 0 Å². The molecule has 164 valence electrons. The third-order valence-corrected chi connectivity index (χ3v) is 7.37. The number of carbonyl (C=O) groups excluding carboxylic acids is 1. The zero-order valence-electron chi connectivity index (χ0n) is 17.2. The first-order valence-electron chi connectivity index (χ1n) is 10.7. The summed E-state index contributed by atoms with van der Waals surface area (Å²) in [6.45, 7) is 3.28. The molecule has 1 aromatic rings. The minimum absolute atomic E-state index is 0.0603. The summed E-state index contributed by atoms with van der Waals surface area (Å²) in [5.41, 5.74) is 6.59. The molecule has 0 aromatic heterocycles. The molecular formula is C21H30N4O4S. The average Bonchev–Trinajstić information content (AvgIpc) is 2.72. The fraction of sp³-hybridized carbons (Fsp3) is 0.619. The van der Waals surface area contributed by atoms with Gasteiger partial charge in [0.05, 0.1) is 17.9 Å².